The Morgan fingerprint density at radius 1 is 1.55 bits per heavy atom. The lowest BCUT2D eigenvalue weighted by Gasteiger charge is -2.39. The summed E-state index contributed by atoms with van der Waals surface area (Å²) in [6, 6.07) is 0. The maximum absolute atomic E-state index is 11.7. The molecule has 114 valence electrons. The fourth-order valence-corrected chi connectivity index (χ4v) is 3.02. The van der Waals surface area contributed by atoms with Crippen LogP contribution in [0.1, 0.15) is 13.8 Å². The molecule has 20 heavy (non-hydrogen) atoms. The molecule has 0 saturated carbocycles. The SMILES string of the molecule is C=CCNC(=NCC(=O)N(C)C)N1CCSC(C)(C)C1. The average molecular weight is 298 g/mol. The molecule has 0 aromatic carbocycles. The van der Waals surface area contributed by atoms with Gasteiger partial charge in [0.05, 0.1) is 0 Å². The van der Waals surface area contributed by atoms with Gasteiger partial charge >= 0.3 is 0 Å². The Bertz CT molecular complexity index is 379. The molecule has 0 atom stereocenters. The molecular weight excluding hydrogens is 272 g/mol. The quantitative estimate of drug-likeness (QED) is 0.478. The number of guanidine groups is 1. The van der Waals surface area contributed by atoms with Crippen LogP contribution in [0.25, 0.3) is 0 Å². The maximum Gasteiger partial charge on any atom is 0.243 e. The number of thioether (sulfide) groups is 1. The third kappa shape index (κ3) is 5.45. The van der Waals surface area contributed by atoms with Crippen molar-refractivity contribution >= 4 is 23.6 Å². The molecule has 0 aliphatic carbocycles. The van der Waals surface area contributed by atoms with Gasteiger partial charge in [0.15, 0.2) is 5.96 Å². The van der Waals surface area contributed by atoms with E-state index in [-0.39, 0.29) is 17.2 Å². The molecule has 0 aromatic rings. The van der Waals surface area contributed by atoms with Crippen molar-refractivity contribution in [3.05, 3.63) is 12.7 Å². The Morgan fingerprint density at radius 3 is 2.80 bits per heavy atom. The van der Waals surface area contributed by atoms with Crippen LogP contribution in [0.4, 0.5) is 0 Å². The van der Waals surface area contributed by atoms with E-state index in [2.05, 4.69) is 35.6 Å². The zero-order valence-corrected chi connectivity index (χ0v) is 13.8. The first-order valence-corrected chi connectivity index (χ1v) is 7.82. The molecule has 1 aliphatic rings. The number of carbonyl (C=O) groups is 1. The highest BCUT2D eigenvalue weighted by atomic mass is 32.2. The van der Waals surface area contributed by atoms with Crippen LogP contribution in [0.5, 0.6) is 0 Å². The van der Waals surface area contributed by atoms with Gasteiger partial charge in [-0.25, -0.2) is 4.99 Å². The number of hydrogen-bond acceptors (Lipinski definition) is 3. The van der Waals surface area contributed by atoms with Crippen LogP contribution in [0, 0.1) is 0 Å². The fraction of sp³-hybridized carbons (Fsp3) is 0.714. The summed E-state index contributed by atoms with van der Waals surface area (Å²) in [7, 11) is 3.49. The van der Waals surface area contributed by atoms with E-state index in [1.807, 2.05) is 11.8 Å². The summed E-state index contributed by atoms with van der Waals surface area (Å²) in [5.41, 5.74) is 0. The number of likely N-dealkylation sites (N-methyl/N-ethyl adjacent to an activating group) is 1. The summed E-state index contributed by atoms with van der Waals surface area (Å²) >= 11 is 1.97. The number of amides is 1. The first-order chi connectivity index (χ1) is 9.35. The molecule has 1 aliphatic heterocycles. The summed E-state index contributed by atoms with van der Waals surface area (Å²) in [5.74, 6) is 1.88. The second-order valence-corrected chi connectivity index (χ2v) is 7.43. The number of aliphatic imine (C=N–C) groups is 1. The van der Waals surface area contributed by atoms with Gasteiger partial charge in [-0.3, -0.25) is 4.79 Å². The fourth-order valence-electron chi connectivity index (χ4n) is 1.91. The van der Waals surface area contributed by atoms with Crippen molar-refractivity contribution in [3.8, 4) is 0 Å². The van der Waals surface area contributed by atoms with Gasteiger partial charge in [-0.15, -0.1) is 6.58 Å². The van der Waals surface area contributed by atoms with Gasteiger partial charge in [0.2, 0.25) is 5.91 Å². The number of nitrogens with zero attached hydrogens (tertiary/aromatic N) is 3. The molecule has 1 heterocycles. The first kappa shape index (κ1) is 16.9. The van der Waals surface area contributed by atoms with Crippen LogP contribution >= 0.6 is 11.8 Å². The molecule has 0 unspecified atom stereocenters. The zero-order chi connectivity index (χ0) is 15.2. The van der Waals surface area contributed by atoms with Crippen molar-refractivity contribution in [1.29, 1.82) is 0 Å². The monoisotopic (exact) mass is 298 g/mol. The first-order valence-electron chi connectivity index (χ1n) is 6.84. The lowest BCUT2D eigenvalue weighted by Crippen LogP contribution is -2.51. The number of carbonyl (C=O) groups excluding carboxylic acids is 1. The highest BCUT2D eigenvalue weighted by molar-refractivity contribution is 8.00. The lowest BCUT2D eigenvalue weighted by molar-refractivity contribution is -0.127. The third-order valence-corrected chi connectivity index (χ3v) is 4.29. The van der Waals surface area contributed by atoms with E-state index in [4.69, 9.17) is 0 Å². The van der Waals surface area contributed by atoms with Crippen molar-refractivity contribution in [2.45, 2.75) is 18.6 Å². The van der Waals surface area contributed by atoms with Crippen LogP contribution < -0.4 is 5.32 Å². The summed E-state index contributed by atoms with van der Waals surface area (Å²) in [4.78, 5) is 19.9. The third-order valence-electron chi connectivity index (χ3n) is 2.99. The summed E-state index contributed by atoms with van der Waals surface area (Å²) in [6.07, 6.45) is 1.80. The van der Waals surface area contributed by atoms with Gasteiger partial charge in [0.25, 0.3) is 0 Å². The minimum Gasteiger partial charge on any atom is -0.353 e. The second kappa shape index (κ2) is 7.57. The Balaban J connectivity index is 2.74. The van der Waals surface area contributed by atoms with Gasteiger partial charge in [-0.2, -0.15) is 11.8 Å². The van der Waals surface area contributed by atoms with Crippen molar-refractivity contribution in [2.75, 3.05) is 46.0 Å². The highest BCUT2D eigenvalue weighted by Crippen LogP contribution is 2.29. The van der Waals surface area contributed by atoms with Gasteiger partial charge in [-0.05, 0) is 13.8 Å². The molecule has 0 bridgehead atoms. The van der Waals surface area contributed by atoms with E-state index >= 15 is 0 Å². The molecule has 0 spiro atoms. The van der Waals surface area contributed by atoms with Gasteiger partial charge in [0, 0.05) is 44.2 Å². The second-order valence-electron chi connectivity index (χ2n) is 5.63. The van der Waals surface area contributed by atoms with Crippen molar-refractivity contribution in [3.63, 3.8) is 0 Å². The molecule has 1 saturated heterocycles. The summed E-state index contributed by atoms with van der Waals surface area (Å²) < 4.78 is 0.209. The molecule has 0 radical (unpaired) electrons. The molecule has 0 aromatic heterocycles. The van der Waals surface area contributed by atoms with E-state index < -0.39 is 0 Å². The van der Waals surface area contributed by atoms with Crippen molar-refractivity contribution in [1.82, 2.24) is 15.1 Å². The molecule has 1 rings (SSSR count). The molecule has 1 fully saturated rings. The summed E-state index contributed by atoms with van der Waals surface area (Å²) in [6.45, 7) is 10.9. The number of nitrogens with one attached hydrogen (secondary N) is 1. The minimum atomic E-state index is 0.00791. The van der Waals surface area contributed by atoms with Crippen molar-refractivity contribution < 1.29 is 4.79 Å². The molecule has 6 heteroatoms. The Hall–Kier alpha value is -1.17. The molecule has 1 N–H and O–H groups in total. The Kier molecular flexibility index (Phi) is 6.39. The standard InChI is InChI=1S/C14H26N4OS/c1-6-7-15-13(16-10-12(19)17(4)5)18-8-9-20-14(2,3)11-18/h6H,1,7-11H2,2-5H3,(H,15,16). The average Bonchev–Trinajstić information content (AvgIpc) is 2.37. The number of hydrogen-bond donors (Lipinski definition) is 1. The lowest BCUT2D eigenvalue weighted by atomic mass is 10.2. The predicted molar refractivity (Wildman–Crippen MR) is 87.3 cm³/mol. The van der Waals surface area contributed by atoms with Gasteiger partial charge in [-0.1, -0.05) is 6.08 Å². The highest BCUT2D eigenvalue weighted by Gasteiger charge is 2.28. The topological polar surface area (TPSA) is 47.9 Å². The largest absolute Gasteiger partial charge is 0.353 e. The van der Waals surface area contributed by atoms with E-state index in [0.717, 1.165) is 24.8 Å². The minimum absolute atomic E-state index is 0.00791. The van der Waals surface area contributed by atoms with Gasteiger partial charge in [0.1, 0.15) is 6.54 Å². The van der Waals surface area contributed by atoms with Crippen LogP contribution in [-0.4, -0.2) is 72.4 Å². The molecule has 1 amide bonds. The van der Waals surface area contributed by atoms with E-state index in [9.17, 15) is 4.79 Å². The predicted octanol–water partition coefficient (Wildman–Crippen LogP) is 1.03. The van der Waals surface area contributed by atoms with Crippen LogP contribution in [0.15, 0.2) is 17.6 Å². The Morgan fingerprint density at radius 2 is 2.25 bits per heavy atom. The normalized spacial score (nSPS) is 18.6. The zero-order valence-electron chi connectivity index (χ0n) is 13.0. The van der Waals surface area contributed by atoms with E-state index in [1.165, 1.54) is 0 Å². The Labute approximate surface area is 126 Å². The van der Waals surface area contributed by atoms with Crippen molar-refractivity contribution in [2.24, 2.45) is 4.99 Å². The van der Waals surface area contributed by atoms with Crippen LogP contribution in [0.2, 0.25) is 0 Å². The van der Waals surface area contributed by atoms with E-state index in [1.54, 1.807) is 25.1 Å². The summed E-state index contributed by atoms with van der Waals surface area (Å²) in [5, 5.41) is 3.25. The maximum atomic E-state index is 11.7. The molecular formula is C14H26N4OS. The smallest absolute Gasteiger partial charge is 0.243 e. The van der Waals surface area contributed by atoms with Crippen LogP contribution in [0.3, 0.4) is 0 Å². The molecule has 5 nitrogen and oxygen atoms in total. The number of rotatable bonds is 4. The van der Waals surface area contributed by atoms with Crippen LogP contribution in [-0.2, 0) is 4.79 Å². The van der Waals surface area contributed by atoms with E-state index in [0.29, 0.717) is 6.54 Å². The van der Waals surface area contributed by atoms with Gasteiger partial charge < -0.3 is 15.1 Å².